The van der Waals surface area contributed by atoms with Crippen molar-refractivity contribution in [1.29, 1.82) is 0 Å². The summed E-state index contributed by atoms with van der Waals surface area (Å²) >= 11 is 0. The van der Waals surface area contributed by atoms with E-state index >= 15 is 0 Å². The van der Waals surface area contributed by atoms with Crippen LogP contribution in [0.1, 0.15) is 17.8 Å². The number of methoxy groups -OCH3 is 1. The van der Waals surface area contributed by atoms with E-state index in [1.54, 1.807) is 25.4 Å². The SMILES string of the molecule is COc1ncccc1CN1CCC2(C1)Cn1c(-c3ccc(F)cc3)cnc1CO2. The molecule has 0 saturated carbocycles. The lowest BCUT2D eigenvalue weighted by Crippen LogP contribution is -2.44. The molecule has 1 aromatic carbocycles. The van der Waals surface area contributed by atoms with Gasteiger partial charge in [-0.05, 0) is 42.3 Å². The van der Waals surface area contributed by atoms with Gasteiger partial charge in [0, 0.05) is 31.4 Å². The Morgan fingerprint density at radius 3 is 2.86 bits per heavy atom. The monoisotopic (exact) mass is 394 g/mol. The second-order valence-corrected chi connectivity index (χ2v) is 7.76. The number of aromatic nitrogens is 3. The lowest BCUT2D eigenvalue weighted by atomic mass is 10.0. The molecule has 1 unspecified atom stereocenters. The van der Waals surface area contributed by atoms with Crippen LogP contribution < -0.4 is 4.74 Å². The van der Waals surface area contributed by atoms with Crippen molar-refractivity contribution in [3.05, 3.63) is 66.0 Å². The van der Waals surface area contributed by atoms with Gasteiger partial charge in [-0.1, -0.05) is 6.07 Å². The first kappa shape index (κ1) is 18.3. The zero-order valence-electron chi connectivity index (χ0n) is 16.3. The largest absolute Gasteiger partial charge is 0.481 e. The van der Waals surface area contributed by atoms with Crippen LogP contribution in [0.15, 0.2) is 48.8 Å². The van der Waals surface area contributed by atoms with Crippen LogP contribution in [0.5, 0.6) is 5.88 Å². The summed E-state index contributed by atoms with van der Waals surface area (Å²) in [6, 6.07) is 10.6. The molecule has 0 radical (unpaired) electrons. The second kappa shape index (κ2) is 7.24. The minimum absolute atomic E-state index is 0.232. The topological polar surface area (TPSA) is 52.4 Å². The van der Waals surface area contributed by atoms with Crippen molar-refractivity contribution in [2.45, 2.75) is 31.7 Å². The van der Waals surface area contributed by atoms with Crippen LogP contribution in [0.2, 0.25) is 0 Å². The van der Waals surface area contributed by atoms with Crippen molar-refractivity contribution in [3.8, 4) is 17.1 Å². The fraction of sp³-hybridized carbons (Fsp3) is 0.364. The highest BCUT2D eigenvalue weighted by molar-refractivity contribution is 5.59. The van der Waals surface area contributed by atoms with Crippen LogP contribution in [0, 0.1) is 5.82 Å². The first-order valence-electron chi connectivity index (χ1n) is 9.80. The minimum Gasteiger partial charge on any atom is -0.481 e. The van der Waals surface area contributed by atoms with Gasteiger partial charge in [0.1, 0.15) is 23.8 Å². The Kier molecular flexibility index (Phi) is 4.56. The Morgan fingerprint density at radius 1 is 1.17 bits per heavy atom. The van der Waals surface area contributed by atoms with Crippen LogP contribution in [0.25, 0.3) is 11.3 Å². The average Bonchev–Trinajstić information content (AvgIpc) is 3.33. The molecule has 2 aliphatic rings. The third kappa shape index (κ3) is 3.41. The zero-order valence-corrected chi connectivity index (χ0v) is 16.3. The fourth-order valence-corrected chi connectivity index (χ4v) is 4.39. The van der Waals surface area contributed by atoms with E-state index in [2.05, 4.69) is 25.5 Å². The van der Waals surface area contributed by atoms with Crippen molar-refractivity contribution in [3.63, 3.8) is 0 Å². The molecule has 2 aliphatic heterocycles. The quantitative estimate of drug-likeness (QED) is 0.680. The van der Waals surface area contributed by atoms with E-state index in [1.165, 1.54) is 12.1 Å². The van der Waals surface area contributed by atoms with E-state index in [0.29, 0.717) is 12.5 Å². The molecule has 0 bridgehead atoms. The van der Waals surface area contributed by atoms with Gasteiger partial charge in [-0.3, -0.25) is 4.90 Å². The summed E-state index contributed by atoms with van der Waals surface area (Å²) in [6.45, 7) is 3.81. The smallest absolute Gasteiger partial charge is 0.217 e. The predicted octanol–water partition coefficient (Wildman–Crippen LogP) is 3.27. The summed E-state index contributed by atoms with van der Waals surface area (Å²) in [4.78, 5) is 11.2. The summed E-state index contributed by atoms with van der Waals surface area (Å²) in [6.07, 6.45) is 4.56. The highest BCUT2D eigenvalue weighted by Crippen LogP contribution is 2.36. The Morgan fingerprint density at radius 2 is 2.03 bits per heavy atom. The molecule has 1 atom stereocenters. The Hall–Kier alpha value is -2.77. The first-order chi connectivity index (χ1) is 14.2. The summed E-state index contributed by atoms with van der Waals surface area (Å²) < 4.78 is 27.3. The van der Waals surface area contributed by atoms with Crippen LogP contribution in [0.3, 0.4) is 0 Å². The Labute approximate surface area is 168 Å². The van der Waals surface area contributed by atoms with E-state index in [4.69, 9.17) is 9.47 Å². The molecule has 1 fully saturated rings. The normalized spacial score (nSPS) is 21.4. The molecule has 1 saturated heterocycles. The number of benzene rings is 1. The van der Waals surface area contributed by atoms with Crippen molar-refractivity contribution in [2.24, 2.45) is 0 Å². The van der Waals surface area contributed by atoms with Crippen LogP contribution in [-0.2, 0) is 24.4 Å². The number of fused-ring (bicyclic) bond motifs is 1. The maximum atomic E-state index is 13.3. The summed E-state index contributed by atoms with van der Waals surface area (Å²) in [7, 11) is 1.65. The highest BCUT2D eigenvalue weighted by atomic mass is 19.1. The number of hydrogen-bond donors (Lipinski definition) is 0. The Balaban J connectivity index is 1.35. The number of halogens is 1. The predicted molar refractivity (Wildman–Crippen MR) is 106 cm³/mol. The average molecular weight is 394 g/mol. The van der Waals surface area contributed by atoms with Crippen LogP contribution >= 0.6 is 0 Å². The van der Waals surface area contributed by atoms with Crippen molar-refractivity contribution >= 4 is 0 Å². The number of hydrogen-bond acceptors (Lipinski definition) is 5. The molecule has 1 spiro atoms. The second-order valence-electron chi connectivity index (χ2n) is 7.76. The molecular weight excluding hydrogens is 371 g/mol. The maximum absolute atomic E-state index is 13.3. The molecule has 3 aromatic rings. The summed E-state index contributed by atoms with van der Waals surface area (Å²) in [5.41, 5.74) is 2.82. The molecule has 5 rings (SSSR count). The summed E-state index contributed by atoms with van der Waals surface area (Å²) in [5.74, 6) is 1.36. The van der Waals surface area contributed by atoms with Gasteiger partial charge in [0.25, 0.3) is 0 Å². The van der Waals surface area contributed by atoms with Gasteiger partial charge in [-0.2, -0.15) is 0 Å². The molecule has 4 heterocycles. The lowest BCUT2D eigenvalue weighted by molar-refractivity contribution is -0.0821. The number of imidazole rings is 1. The van der Waals surface area contributed by atoms with Gasteiger partial charge in [0.15, 0.2) is 0 Å². The van der Waals surface area contributed by atoms with E-state index in [1.807, 2.05) is 12.3 Å². The first-order valence-corrected chi connectivity index (χ1v) is 9.80. The fourth-order valence-electron chi connectivity index (χ4n) is 4.39. The molecule has 6 nitrogen and oxygen atoms in total. The van der Waals surface area contributed by atoms with E-state index in [-0.39, 0.29) is 11.4 Å². The van der Waals surface area contributed by atoms with Crippen molar-refractivity contribution in [1.82, 2.24) is 19.4 Å². The van der Waals surface area contributed by atoms with Crippen molar-refractivity contribution < 1.29 is 13.9 Å². The number of ether oxygens (including phenoxy) is 2. The number of rotatable bonds is 4. The van der Waals surface area contributed by atoms with Crippen LogP contribution in [0.4, 0.5) is 4.39 Å². The zero-order chi connectivity index (χ0) is 19.8. The van der Waals surface area contributed by atoms with Crippen molar-refractivity contribution in [2.75, 3.05) is 20.2 Å². The third-order valence-corrected chi connectivity index (χ3v) is 5.86. The highest BCUT2D eigenvalue weighted by Gasteiger charge is 2.43. The summed E-state index contributed by atoms with van der Waals surface area (Å²) in [5, 5.41) is 0. The maximum Gasteiger partial charge on any atom is 0.217 e. The minimum atomic E-state index is -0.238. The van der Waals surface area contributed by atoms with Gasteiger partial charge >= 0.3 is 0 Å². The molecule has 0 amide bonds. The molecular formula is C22H23FN4O2. The molecule has 150 valence electrons. The van der Waals surface area contributed by atoms with Gasteiger partial charge in [0.2, 0.25) is 5.88 Å². The van der Waals surface area contributed by atoms with E-state index in [9.17, 15) is 4.39 Å². The standard InChI is InChI=1S/C22H23FN4O2/c1-28-21-17(3-2-9-24-21)12-26-10-8-22(14-26)15-27-19(11-25-20(27)13-29-22)16-4-6-18(23)7-5-16/h2-7,9,11H,8,10,12-15H2,1H3. The van der Waals surface area contributed by atoms with E-state index in [0.717, 1.165) is 55.2 Å². The number of pyridine rings is 1. The number of nitrogens with zero attached hydrogens (tertiary/aromatic N) is 4. The van der Waals surface area contributed by atoms with Gasteiger partial charge in [0.05, 0.1) is 25.5 Å². The molecule has 0 N–H and O–H groups in total. The lowest BCUT2D eigenvalue weighted by Gasteiger charge is -2.35. The van der Waals surface area contributed by atoms with Crippen LogP contribution in [-0.4, -0.2) is 45.2 Å². The Bertz CT molecular complexity index is 1020. The third-order valence-electron chi connectivity index (χ3n) is 5.86. The molecule has 7 heteroatoms. The van der Waals surface area contributed by atoms with Gasteiger partial charge < -0.3 is 14.0 Å². The number of likely N-dealkylation sites (tertiary alicyclic amines) is 1. The molecule has 2 aromatic heterocycles. The molecule has 29 heavy (non-hydrogen) atoms. The van der Waals surface area contributed by atoms with Gasteiger partial charge in [-0.25, -0.2) is 14.4 Å². The molecule has 0 aliphatic carbocycles. The van der Waals surface area contributed by atoms with Gasteiger partial charge in [-0.15, -0.1) is 0 Å². The van der Waals surface area contributed by atoms with E-state index < -0.39 is 0 Å².